The van der Waals surface area contributed by atoms with Crippen LogP contribution < -0.4 is 10.6 Å². The summed E-state index contributed by atoms with van der Waals surface area (Å²) < 4.78 is 0. The Hall–Kier alpha value is -1.91. The maximum Gasteiger partial charge on any atom is 0.264 e. The maximum atomic E-state index is 12.3. The number of nitriles is 1. The van der Waals surface area contributed by atoms with Crippen LogP contribution in [0, 0.1) is 18.3 Å². The number of nitrogens with one attached hydrogen (secondary N) is 2. The minimum atomic E-state index is -0.612. The van der Waals surface area contributed by atoms with Crippen LogP contribution in [0.3, 0.4) is 0 Å². The standard InChI is InChI=1S/C14H14N4OS2/c1-8-12(21-14(16-8)17-9-4-5-9)13(19)18-10(7-15)11-3-2-6-20-11/h2-3,6,9-10H,4-5H2,1H3,(H,16,17)(H,18,19). The summed E-state index contributed by atoms with van der Waals surface area (Å²) >= 11 is 2.80. The Balaban J connectivity index is 1.72. The fourth-order valence-electron chi connectivity index (χ4n) is 1.89. The lowest BCUT2D eigenvalue weighted by atomic mass is 10.2. The number of aromatic nitrogens is 1. The van der Waals surface area contributed by atoms with E-state index in [9.17, 15) is 10.1 Å². The summed E-state index contributed by atoms with van der Waals surface area (Å²) in [6.45, 7) is 1.82. The largest absolute Gasteiger partial charge is 0.359 e. The molecule has 21 heavy (non-hydrogen) atoms. The second-order valence-electron chi connectivity index (χ2n) is 4.90. The second-order valence-corrected chi connectivity index (χ2v) is 6.88. The first-order chi connectivity index (χ1) is 10.2. The molecule has 0 spiro atoms. The number of amides is 1. The highest BCUT2D eigenvalue weighted by Gasteiger charge is 2.24. The molecule has 1 amide bonds. The maximum absolute atomic E-state index is 12.3. The van der Waals surface area contributed by atoms with Gasteiger partial charge in [0.05, 0.1) is 11.8 Å². The van der Waals surface area contributed by atoms with E-state index < -0.39 is 6.04 Å². The van der Waals surface area contributed by atoms with Gasteiger partial charge in [0.15, 0.2) is 11.2 Å². The van der Waals surface area contributed by atoms with Gasteiger partial charge in [0, 0.05) is 10.9 Å². The van der Waals surface area contributed by atoms with Gasteiger partial charge in [0.1, 0.15) is 4.88 Å². The van der Waals surface area contributed by atoms with Gasteiger partial charge in [-0.2, -0.15) is 5.26 Å². The number of aryl methyl sites for hydroxylation is 1. The number of thiazole rings is 1. The summed E-state index contributed by atoms with van der Waals surface area (Å²) in [5, 5.41) is 17.9. The van der Waals surface area contributed by atoms with Gasteiger partial charge in [-0.3, -0.25) is 4.79 Å². The van der Waals surface area contributed by atoms with E-state index in [0.29, 0.717) is 16.6 Å². The van der Waals surface area contributed by atoms with Gasteiger partial charge in [-0.05, 0) is 31.2 Å². The van der Waals surface area contributed by atoms with Crippen molar-refractivity contribution in [2.75, 3.05) is 5.32 Å². The number of rotatable bonds is 5. The summed E-state index contributed by atoms with van der Waals surface area (Å²) in [5.41, 5.74) is 0.698. The third-order valence-corrected chi connectivity index (χ3v) is 5.16. The number of nitrogens with zero attached hydrogens (tertiary/aromatic N) is 2. The third kappa shape index (κ3) is 3.23. The Labute approximate surface area is 130 Å². The molecule has 1 aliphatic carbocycles. The van der Waals surface area contributed by atoms with Gasteiger partial charge in [-0.15, -0.1) is 11.3 Å². The lowest BCUT2D eigenvalue weighted by Gasteiger charge is -2.08. The molecule has 0 bridgehead atoms. The van der Waals surface area contributed by atoms with Gasteiger partial charge in [-0.25, -0.2) is 4.98 Å². The molecule has 1 unspecified atom stereocenters. The van der Waals surface area contributed by atoms with Crippen LogP contribution in [0.1, 0.15) is 39.1 Å². The van der Waals surface area contributed by atoms with E-state index in [2.05, 4.69) is 21.7 Å². The third-order valence-electron chi connectivity index (χ3n) is 3.14. The molecule has 0 aliphatic heterocycles. The zero-order valence-corrected chi connectivity index (χ0v) is 13.1. The first-order valence-electron chi connectivity index (χ1n) is 6.65. The number of anilines is 1. The predicted molar refractivity (Wildman–Crippen MR) is 83.6 cm³/mol. The molecule has 2 N–H and O–H groups in total. The van der Waals surface area contributed by atoms with Crippen LogP contribution in [0.2, 0.25) is 0 Å². The van der Waals surface area contributed by atoms with Gasteiger partial charge < -0.3 is 10.6 Å². The van der Waals surface area contributed by atoms with Gasteiger partial charge in [0.25, 0.3) is 5.91 Å². The molecule has 3 rings (SSSR count). The number of hydrogen-bond acceptors (Lipinski definition) is 6. The molecule has 1 saturated carbocycles. The smallest absolute Gasteiger partial charge is 0.264 e. The van der Waals surface area contributed by atoms with E-state index in [1.807, 2.05) is 24.4 Å². The quantitative estimate of drug-likeness (QED) is 0.888. The van der Waals surface area contributed by atoms with Crippen molar-refractivity contribution in [2.24, 2.45) is 0 Å². The van der Waals surface area contributed by atoms with Crippen molar-refractivity contribution in [3.05, 3.63) is 33.0 Å². The molecule has 2 aromatic heterocycles. The van der Waals surface area contributed by atoms with Crippen molar-refractivity contribution in [1.82, 2.24) is 10.3 Å². The molecule has 1 fully saturated rings. The van der Waals surface area contributed by atoms with Crippen LogP contribution in [-0.2, 0) is 0 Å². The number of carbonyl (C=O) groups excluding carboxylic acids is 1. The van der Waals surface area contributed by atoms with Gasteiger partial charge >= 0.3 is 0 Å². The Kier molecular flexibility index (Phi) is 3.90. The van der Waals surface area contributed by atoms with Crippen molar-refractivity contribution in [1.29, 1.82) is 5.26 Å². The number of hydrogen-bond donors (Lipinski definition) is 2. The SMILES string of the molecule is Cc1nc(NC2CC2)sc1C(=O)NC(C#N)c1cccs1. The molecule has 0 saturated heterocycles. The highest BCUT2D eigenvalue weighted by molar-refractivity contribution is 7.17. The second kappa shape index (κ2) is 5.84. The molecule has 0 radical (unpaired) electrons. The van der Waals surface area contributed by atoms with E-state index in [-0.39, 0.29) is 5.91 Å². The van der Waals surface area contributed by atoms with Crippen LogP contribution in [0.15, 0.2) is 17.5 Å². The van der Waals surface area contributed by atoms with E-state index >= 15 is 0 Å². The highest BCUT2D eigenvalue weighted by Crippen LogP contribution is 2.29. The first-order valence-corrected chi connectivity index (χ1v) is 8.35. The van der Waals surface area contributed by atoms with Crippen LogP contribution >= 0.6 is 22.7 Å². The molecular weight excluding hydrogens is 304 g/mol. The molecule has 7 heteroatoms. The molecule has 108 valence electrons. The molecule has 2 heterocycles. The number of carbonyl (C=O) groups is 1. The van der Waals surface area contributed by atoms with Gasteiger partial charge in [-0.1, -0.05) is 17.4 Å². The van der Waals surface area contributed by atoms with Crippen molar-refractivity contribution in [3.63, 3.8) is 0 Å². The Bertz CT molecular complexity index is 682. The van der Waals surface area contributed by atoms with E-state index in [1.165, 1.54) is 22.7 Å². The topological polar surface area (TPSA) is 77.8 Å². The highest BCUT2D eigenvalue weighted by atomic mass is 32.1. The molecule has 5 nitrogen and oxygen atoms in total. The van der Waals surface area contributed by atoms with Gasteiger partial charge in [0.2, 0.25) is 0 Å². The minimum Gasteiger partial charge on any atom is -0.359 e. The van der Waals surface area contributed by atoms with Crippen LogP contribution in [0.4, 0.5) is 5.13 Å². The van der Waals surface area contributed by atoms with Crippen LogP contribution in [0.25, 0.3) is 0 Å². The molecule has 0 aromatic carbocycles. The Morgan fingerprint density at radius 1 is 1.57 bits per heavy atom. The van der Waals surface area contributed by atoms with E-state index in [0.717, 1.165) is 22.9 Å². The minimum absolute atomic E-state index is 0.242. The fraction of sp³-hybridized carbons (Fsp3) is 0.357. The lowest BCUT2D eigenvalue weighted by molar-refractivity contribution is 0.0949. The molecule has 2 aromatic rings. The molecular formula is C14H14N4OS2. The molecule has 1 atom stereocenters. The van der Waals surface area contributed by atoms with E-state index in [1.54, 1.807) is 0 Å². The zero-order valence-electron chi connectivity index (χ0n) is 11.4. The average molecular weight is 318 g/mol. The summed E-state index contributed by atoms with van der Waals surface area (Å²) in [7, 11) is 0. The van der Waals surface area contributed by atoms with Crippen molar-refractivity contribution in [3.8, 4) is 6.07 Å². The first kappa shape index (κ1) is 14.0. The van der Waals surface area contributed by atoms with Crippen molar-refractivity contribution < 1.29 is 4.79 Å². The zero-order chi connectivity index (χ0) is 14.8. The van der Waals surface area contributed by atoms with Crippen LogP contribution in [0.5, 0.6) is 0 Å². The summed E-state index contributed by atoms with van der Waals surface area (Å²) in [5.74, 6) is -0.242. The monoisotopic (exact) mass is 318 g/mol. The van der Waals surface area contributed by atoms with Crippen molar-refractivity contribution in [2.45, 2.75) is 31.8 Å². The Morgan fingerprint density at radius 2 is 2.38 bits per heavy atom. The Morgan fingerprint density at radius 3 is 3.00 bits per heavy atom. The molecule has 1 aliphatic rings. The van der Waals surface area contributed by atoms with E-state index in [4.69, 9.17) is 0 Å². The normalized spacial score (nSPS) is 15.2. The average Bonchev–Trinajstić information content (AvgIpc) is 2.98. The predicted octanol–water partition coefficient (Wildman–Crippen LogP) is 3.08. The summed E-state index contributed by atoms with van der Waals surface area (Å²) in [6.07, 6.45) is 2.32. The van der Waals surface area contributed by atoms with Crippen molar-refractivity contribution >= 4 is 33.7 Å². The number of thiophene rings is 1. The fourth-order valence-corrected chi connectivity index (χ4v) is 3.56. The van der Waals surface area contributed by atoms with Crippen LogP contribution in [-0.4, -0.2) is 16.9 Å². The summed E-state index contributed by atoms with van der Waals surface area (Å²) in [4.78, 5) is 18.1. The lowest BCUT2D eigenvalue weighted by Crippen LogP contribution is -2.26. The summed E-state index contributed by atoms with van der Waals surface area (Å²) in [6, 6.07) is 5.73.